The van der Waals surface area contributed by atoms with Crippen molar-refractivity contribution in [2.45, 2.75) is 26.3 Å². The molecule has 38 heavy (non-hydrogen) atoms. The molecule has 1 aliphatic heterocycles. The summed E-state index contributed by atoms with van der Waals surface area (Å²) < 4.78 is 12.9. The van der Waals surface area contributed by atoms with Gasteiger partial charge in [0, 0.05) is 29.5 Å². The van der Waals surface area contributed by atoms with Crippen molar-refractivity contribution in [2.75, 3.05) is 36.9 Å². The normalized spacial score (nSPS) is 13.7. The highest BCUT2D eigenvalue weighted by Gasteiger charge is 2.12. The molecule has 1 aliphatic rings. The number of fused-ring (bicyclic) bond motifs is 1. The number of aromatic nitrogens is 4. The Labute approximate surface area is 221 Å². The van der Waals surface area contributed by atoms with Gasteiger partial charge < -0.3 is 19.9 Å². The van der Waals surface area contributed by atoms with Crippen LogP contribution in [0.5, 0.6) is 5.75 Å². The van der Waals surface area contributed by atoms with E-state index in [0.717, 1.165) is 52.0 Å². The Morgan fingerprint density at radius 3 is 2.61 bits per heavy atom. The van der Waals surface area contributed by atoms with Crippen molar-refractivity contribution < 1.29 is 9.26 Å². The van der Waals surface area contributed by atoms with Gasteiger partial charge in [-0.25, -0.2) is 4.52 Å². The maximum atomic E-state index is 5.92. The maximum absolute atomic E-state index is 5.92. The van der Waals surface area contributed by atoms with Gasteiger partial charge in [-0.05, 0) is 81.4 Å². The number of rotatable bonds is 10. The first-order valence-corrected chi connectivity index (χ1v) is 13.0. The summed E-state index contributed by atoms with van der Waals surface area (Å²) in [7, 11) is 0. The van der Waals surface area contributed by atoms with E-state index in [1.165, 1.54) is 25.9 Å². The summed E-state index contributed by atoms with van der Waals surface area (Å²) in [4.78, 5) is 7.13. The standard InChI is InChI=1S/C29H31N7O2/c1-21-18-25(34-38-21)20-30-24-7-4-6-22(19-24)27-8-5-9-28-32-29(33-36(27)28)31-23-10-12-26(13-11-23)37-17-16-35-14-2-3-15-35/h4-13,18-19,30H,2-3,14-17,20H2,1H3,(H,31,33). The second-order valence-electron chi connectivity index (χ2n) is 9.53. The minimum atomic E-state index is 0.538. The van der Waals surface area contributed by atoms with Crippen LogP contribution in [-0.2, 0) is 6.54 Å². The largest absolute Gasteiger partial charge is 0.492 e. The smallest absolute Gasteiger partial charge is 0.247 e. The molecule has 0 unspecified atom stereocenters. The van der Waals surface area contributed by atoms with Gasteiger partial charge in [-0.2, -0.15) is 4.98 Å². The summed E-state index contributed by atoms with van der Waals surface area (Å²) in [6.45, 7) is 6.54. The Morgan fingerprint density at radius 1 is 0.947 bits per heavy atom. The summed E-state index contributed by atoms with van der Waals surface area (Å²) >= 11 is 0. The number of anilines is 3. The number of likely N-dealkylation sites (tertiary alicyclic amines) is 1. The Balaban J connectivity index is 1.13. The zero-order chi connectivity index (χ0) is 25.7. The lowest BCUT2D eigenvalue weighted by Gasteiger charge is -2.15. The van der Waals surface area contributed by atoms with Crippen molar-refractivity contribution in [3.63, 3.8) is 0 Å². The predicted octanol–water partition coefficient (Wildman–Crippen LogP) is 5.52. The van der Waals surface area contributed by atoms with E-state index >= 15 is 0 Å². The fourth-order valence-electron chi connectivity index (χ4n) is 4.72. The van der Waals surface area contributed by atoms with Gasteiger partial charge in [-0.15, -0.1) is 5.10 Å². The van der Waals surface area contributed by atoms with Crippen molar-refractivity contribution >= 4 is 23.0 Å². The van der Waals surface area contributed by atoms with Gasteiger partial charge in [0.1, 0.15) is 23.8 Å². The first kappa shape index (κ1) is 24.0. The number of hydrogen-bond donors (Lipinski definition) is 2. The lowest BCUT2D eigenvalue weighted by atomic mass is 10.1. The second kappa shape index (κ2) is 10.9. The molecule has 6 rings (SSSR count). The molecule has 2 N–H and O–H groups in total. The molecule has 3 aromatic heterocycles. The molecule has 2 aromatic carbocycles. The van der Waals surface area contributed by atoms with Crippen LogP contribution >= 0.6 is 0 Å². The molecule has 9 nitrogen and oxygen atoms in total. The van der Waals surface area contributed by atoms with Crippen LogP contribution in [-0.4, -0.2) is 50.9 Å². The highest BCUT2D eigenvalue weighted by molar-refractivity contribution is 5.68. The first-order valence-electron chi connectivity index (χ1n) is 13.0. The van der Waals surface area contributed by atoms with Crippen LogP contribution in [0.1, 0.15) is 24.3 Å². The maximum Gasteiger partial charge on any atom is 0.247 e. The fraction of sp³-hybridized carbons (Fsp3) is 0.276. The minimum Gasteiger partial charge on any atom is -0.492 e. The number of nitrogens with one attached hydrogen (secondary N) is 2. The van der Waals surface area contributed by atoms with Crippen LogP contribution in [0.15, 0.2) is 77.3 Å². The molecule has 0 spiro atoms. The van der Waals surface area contributed by atoms with E-state index in [9.17, 15) is 0 Å². The van der Waals surface area contributed by atoms with Crippen molar-refractivity contribution in [3.8, 4) is 17.0 Å². The van der Waals surface area contributed by atoms with Crippen LogP contribution < -0.4 is 15.4 Å². The van der Waals surface area contributed by atoms with E-state index < -0.39 is 0 Å². The Morgan fingerprint density at radius 2 is 1.79 bits per heavy atom. The van der Waals surface area contributed by atoms with Crippen molar-refractivity contribution in [1.82, 2.24) is 24.7 Å². The van der Waals surface area contributed by atoms with Gasteiger partial charge in [-0.1, -0.05) is 23.4 Å². The van der Waals surface area contributed by atoms with Crippen molar-refractivity contribution in [1.29, 1.82) is 0 Å². The average Bonchev–Trinajstić information content (AvgIpc) is 3.70. The van der Waals surface area contributed by atoms with Crippen LogP contribution in [0.2, 0.25) is 0 Å². The summed E-state index contributed by atoms with van der Waals surface area (Å²) in [5.41, 5.74) is 5.51. The Bertz CT molecular complexity index is 1500. The number of hydrogen-bond acceptors (Lipinski definition) is 8. The molecule has 4 heterocycles. The van der Waals surface area contributed by atoms with E-state index in [1.54, 1.807) is 0 Å². The van der Waals surface area contributed by atoms with E-state index in [2.05, 4.69) is 37.8 Å². The molecule has 5 aromatic rings. The zero-order valence-corrected chi connectivity index (χ0v) is 21.4. The SMILES string of the molecule is Cc1cc(CNc2cccc(-c3cccc4nc(Nc5ccc(OCCN6CCCC6)cc5)nn34)c2)no1. The highest BCUT2D eigenvalue weighted by Crippen LogP contribution is 2.25. The van der Waals surface area contributed by atoms with Crippen LogP contribution in [0, 0.1) is 6.92 Å². The molecule has 0 atom stereocenters. The molecule has 0 bridgehead atoms. The summed E-state index contributed by atoms with van der Waals surface area (Å²) in [6, 6.07) is 24.1. The topological polar surface area (TPSA) is 92.8 Å². The molecule has 9 heteroatoms. The molecule has 0 saturated carbocycles. The lowest BCUT2D eigenvalue weighted by Crippen LogP contribution is -2.25. The summed E-state index contributed by atoms with van der Waals surface area (Å²) in [6.07, 6.45) is 2.60. The van der Waals surface area contributed by atoms with Gasteiger partial charge in [0.25, 0.3) is 0 Å². The van der Waals surface area contributed by atoms with Crippen molar-refractivity contribution in [2.24, 2.45) is 0 Å². The molecule has 194 valence electrons. The molecular weight excluding hydrogens is 478 g/mol. The highest BCUT2D eigenvalue weighted by atomic mass is 16.5. The number of aryl methyl sites for hydroxylation is 1. The fourth-order valence-corrected chi connectivity index (χ4v) is 4.72. The number of nitrogens with zero attached hydrogens (tertiary/aromatic N) is 5. The summed E-state index contributed by atoms with van der Waals surface area (Å²) in [5, 5.41) is 15.5. The Hall–Kier alpha value is -4.37. The van der Waals surface area contributed by atoms with Gasteiger partial charge in [-0.3, -0.25) is 4.90 Å². The minimum absolute atomic E-state index is 0.538. The molecule has 0 amide bonds. The quantitative estimate of drug-likeness (QED) is 0.254. The molecule has 0 aliphatic carbocycles. The first-order chi connectivity index (χ1) is 18.7. The number of benzene rings is 2. The molecule has 0 radical (unpaired) electrons. The third-order valence-electron chi connectivity index (χ3n) is 6.65. The predicted molar refractivity (Wildman–Crippen MR) is 148 cm³/mol. The monoisotopic (exact) mass is 509 g/mol. The molecule has 1 fully saturated rings. The van der Waals surface area contributed by atoms with E-state index in [-0.39, 0.29) is 0 Å². The van der Waals surface area contributed by atoms with E-state index in [4.69, 9.17) is 14.4 Å². The van der Waals surface area contributed by atoms with Gasteiger partial charge >= 0.3 is 0 Å². The molecule has 1 saturated heterocycles. The van der Waals surface area contributed by atoms with Gasteiger partial charge in [0.15, 0.2) is 5.65 Å². The van der Waals surface area contributed by atoms with Crippen LogP contribution in [0.3, 0.4) is 0 Å². The Kier molecular flexibility index (Phi) is 6.91. The second-order valence-corrected chi connectivity index (χ2v) is 9.53. The third kappa shape index (κ3) is 5.63. The average molecular weight is 510 g/mol. The zero-order valence-electron chi connectivity index (χ0n) is 21.4. The number of pyridine rings is 1. The van der Waals surface area contributed by atoms with E-state index in [1.807, 2.05) is 72.1 Å². The third-order valence-corrected chi connectivity index (χ3v) is 6.65. The van der Waals surface area contributed by atoms with Gasteiger partial charge in [0.05, 0.1) is 12.2 Å². The van der Waals surface area contributed by atoms with Crippen LogP contribution in [0.4, 0.5) is 17.3 Å². The number of ether oxygens (including phenoxy) is 1. The van der Waals surface area contributed by atoms with Crippen LogP contribution in [0.25, 0.3) is 16.9 Å². The van der Waals surface area contributed by atoms with Crippen molar-refractivity contribution in [3.05, 3.63) is 84.3 Å². The summed E-state index contributed by atoms with van der Waals surface area (Å²) in [5.74, 6) is 2.21. The van der Waals surface area contributed by atoms with E-state index in [0.29, 0.717) is 19.1 Å². The van der Waals surface area contributed by atoms with Gasteiger partial charge in [0.2, 0.25) is 5.95 Å². The lowest BCUT2D eigenvalue weighted by molar-refractivity contribution is 0.238. The molecular formula is C29H31N7O2.